The Morgan fingerprint density at radius 1 is 1.75 bits per heavy atom. The van der Waals surface area contributed by atoms with Gasteiger partial charge in [0, 0.05) is 25.7 Å². The van der Waals surface area contributed by atoms with Crippen LogP contribution in [0, 0.1) is 0 Å². The van der Waals surface area contributed by atoms with Gasteiger partial charge in [-0.05, 0) is 20.3 Å². The lowest BCUT2D eigenvalue weighted by molar-refractivity contribution is -0.143. The average Bonchev–Trinajstić information content (AvgIpc) is 2.28. The first kappa shape index (κ1) is 13.2. The zero-order valence-corrected chi connectivity index (χ0v) is 10.2. The summed E-state index contributed by atoms with van der Waals surface area (Å²) in [6, 6.07) is 0.373. The van der Waals surface area contributed by atoms with Crippen LogP contribution in [0.1, 0.15) is 20.3 Å². The van der Waals surface area contributed by atoms with E-state index in [-0.39, 0.29) is 12.0 Å². The van der Waals surface area contributed by atoms with Gasteiger partial charge in [0.1, 0.15) is 6.10 Å². The zero-order chi connectivity index (χ0) is 12.0. The maximum atomic E-state index is 12.0. The van der Waals surface area contributed by atoms with E-state index in [9.17, 15) is 4.79 Å². The fourth-order valence-corrected chi connectivity index (χ4v) is 1.79. The Balaban J connectivity index is 2.34. The Morgan fingerprint density at radius 3 is 3.12 bits per heavy atom. The van der Waals surface area contributed by atoms with E-state index >= 15 is 0 Å². The molecule has 0 radical (unpaired) electrons. The van der Waals surface area contributed by atoms with Crippen molar-refractivity contribution in [1.82, 2.24) is 10.2 Å². The highest BCUT2D eigenvalue weighted by molar-refractivity contribution is 5.80. The third-order valence-electron chi connectivity index (χ3n) is 2.72. The first-order valence-electron chi connectivity index (χ1n) is 5.89. The van der Waals surface area contributed by atoms with Gasteiger partial charge in [0.25, 0.3) is 5.91 Å². The molecule has 1 aliphatic rings. The molecule has 1 amide bonds. The van der Waals surface area contributed by atoms with Crippen LogP contribution in [0.2, 0.25) is 0 Å². The number of nitrogens with zero attached hydrogens (tertiary/aromatic N) is 1. The highest BCUT2D eigenvalue weighted by atomic mass is 16.5. The fourth-order valence-electron chi connectivity index (χ4n) is 1.79. The van der Waals surface area contributed by atoms with Crippen LogP contribution in [0.25, 0.3) is 0 Å². The predicted octanol–water partition coefficient (Wildman–Crippen LogP) is 0.788. The van der Waals surface area contributed by atoms with E-state index in [1.165, 1.54) is 0 Å². The molecule has 0 aromatic carbocycles. The van der Waals surface area contributed by atoms with Gasteiger partial charge in [0.15, 0.2) is 0 Å². The number of nitrogens with one attached hydrogen (secondary N) is 1. The van der Waals surface area contributed by atoms with E-state index in [4.69, 9.17) is 4.74 Å². The minimum absolute atomic E-state index is 0.0948. The van der Waals surface area contributed by atoms with Crippen molar-refractivity contribution < 1.29 is 9.53 Å². The van der Waals surface area contributed by atoms with Gasteiger partial charge < -0.3 is 15.0 Å². The molecule has 0 bridgehead atoms. The van der Waals surface area contributed by atoms with E-state index in [1.54, 1.807) is 6.08 Å². The monoisotopic (exact) mass is 226 g/mol. The number of carbonyl (C=O) groups is 1. The molecule has 0 aliphatic carbocycles. The van der Waals surface area contributed by atoms with Crippen molar-refractivity contribution in [2.24, 2.45) is 0 Å². The molecule has 4 heteroatoms. The Bertz CT molecular complexity index is 243. The standard InChI is InChI=1S/C12H22N2O2/c1-4-5-8-16-11(3)12(15)14-7-6-13-10(2)9-14/h4,10-11,13H,1,5-9H2,2-3H3. The largest absolute Gasteiger partial charge is 0.368 e. The van der Waals surface area contributed by atoms with E-state index in [1.807, 2.05) is 11.8 Å². The molecule has 4 nitrogen and oxygen atoms in total. The predicted molar refractivity (Wildman–Crippen MR) is 64.3 cm³/mol. The highest BCUT2D eigenvalue weighted by Gasteiger charge is 2.24. The van der Waals surface area contributed by atoms with E-state index < -0.39 is 0 Å². The van der Waals surface area contributed by atoms with Crippen molar-refractivity contribution in [2.75, 3.05) is 26.2 Å². The van der Waals surface area contributed by atoms with Crippen LogP contribution in [0.3, 0.4) is 0 Å². The Labute approximate surface area is 97.6 Å². The number of carbonyl (C=O) groups excluding carboxylic acids is 1. The molecule has 1 fully saturated rings. The number of ether oxygens (including phenoxy) is 1. The minimum atomic E-state index is -0.342. The number of hydrogen-bond donors (Lipinski definition) is 1. The van der Waals surface area contributed by atoms with Crippen LogP contribution < -0.4 is 5.32 Å². The van der Waals surface area contributed by atoms with Gasteiger partial charge in [0.2, 0.25) is 0 Å². The Kier molecular flexibility index (Phi) is 5.49. The van der Waals surface area contributed by atoms with Crippen LogP contribution in [-0.4, -0.2) is 49.2 Å². The molecule has 2 unspecified atom stereocenters. The molecule has 0 aromatic rings. The first-order chi connectivity index (χ1) is 7.65. The summed E-state index contributed by atoms with van der Waals surface area (Å²) >= 11 is 0. The van der Waals surface area contributed by atoms with Crippen molar-refractivity contribution >= 4 is 5.91 Å². The molecule has 1 aliphatic heterocycles. The summed E-state index contributed by atoms with van der Waals surface area (Å²) in [7, 11) is 0. The van der Waals surface area contributed by atoms with Crippen molar-refractivity contribution in [1.29, 1.82) is 0 Å². The second kappa shape index (κ2) is 6.66. The molecule has 0 saturated carbocycles. The van der Waals surface area contributed by atoms with Gasteiger partial charge in [-0.25, -0.2) is 0 Å². The van der Waals surface area contributed by atoms with Gasteiger partial charge in [-0.3, -0.25) is 4.79 Å². The van der Waals surface area contributed by atoms with Crippen LogP contribution in [0.5, 0.6) is 0 Å². The van der Waals surface area contributed by atoms with Gasteiger partial charge in [-0.15, -0.1) is 6.58 Å². The number of rotatable bonds is 5. The molecule has 92 valence electrons. The number of amides is 1. The molecule has 16 heavy (non-hydrogen) atoms. The van der Waals surface area contributed by atoms with Crippen molar-refractivity contribution in [2.45, 2.75) is 32.4 Å². The van der Waals surface area contributed by atoms with Crippen molar-refractivity contribution in [3.63, 3.8) is 0 Å². The van der Waals surface area contributed by atoms with Crippen LogP contribution in [0.4, 0.5) is 0 Å². The van der Waals surface area contributed by atoms with Crippen LogP contribution >= 0.6 is 0 Å². The summed E-state index contributed by atoms with van der Waals surface area (Å²) < 4.78 is 5.45. The van der Waals surface area contributed by atoms with Gasteiger partial charge in [-0.1, -0.05) is 6.08 Å². The lowest BCUT2D eigenvalue weighted by Gasteiger charge is -2.33. The first-order valence-corrected chi connectivity index (χ1v) is 5.89. The topological polar surface area (TPSA) is 41.6 Å². The smallest absolute Gasteiger partial charge is 0.251 e. The molecule has 2 atom stereocenters. The molecular weight excluding hydrogens is 204 g/mol. The van der Waals surface area contributed by atoms with Crippen LogP contribution in [-0.2, 0) is 9.53 Å². The molecule has 0 spiro atoms. The lowest BCUT2D eigenvalue weighted by Crippen LogP contribution is -2.53. The zero-order valence-electron chi connectivity index (χ0n) is 10.2. The third kappa shape index (κ3) is 3.94. The number of hydrogen-bond acceptors (Lipinski definition) is 3. The van der Waals surface area contributed by atoms with Gasteiger partial charge in [0.05, 0.1) is 6.61 Å². The molecular formula is C12H22N2O2. The average molecular weight is 226 g/mol. The summed E-state index contributed by atoms with van der Waals surface area (Å²) in [6.45, 7) is 10.5. The summed E-state index contributed by atoms with van der Waals surface area (Å²) in [5.41, 5.74) is 0. The van der Waals surface area contributed by atoms with Crippen LogP contribution in [0.15, 0.2) is 12.7 Å². The summed E-state index contributed by atoms with van der Waals surface area (Å²) in [4.78, 5) is 13.9. The molecule has 1 heterocycles. The maximum Gasteiger partial charge on any atom is 0.251 e. The molecule has 0 aromatic heterocycles. The maximum absolute atomic E-state index is 12.0. The molecule has 1 N–H and O–H groups in total. The molecule has 1 rings (SSSR count). The molecule has 1 saturated heterocycles. The normalized spacial score (nSPS) is 22.9. The third-order valence-corrected chi connectivity index (χ3v) is 2.72. The lowest BCUT2D eigenvalue weighted by atomic mass is 10.2. The quantitative estimate of drug-likeness (QED) is 0.556. The van der Waals surface area contributed by atoms with E-state index in [0.717, 1.165) is 26.1 Å². The van der Waals surface area contributed by atoms with Crippen molar-refractivity contribution in [3.8, 4) is 0 Å². The summed E-state index contributed by atoms with van der Waals surface area (Å²) in [6.07, 6.45) is 2.24. The fraction of sp³-hybridized carbons (Fsp3) is 0.750. The summed E-state index contributed by atoms with van der Waals surface area (Å²) in [5.74, 6) is 0.0948. The van der Waals surface area contributed by atoms with Gasteiger partial charge in [-0.2, -0.15) is 0 Å². The Hall–Kier alpha value is -0.870. The second-order valence-corrected chi connectivity index (χ2v) is 4.23. The Morgan fingerprint density at radius 2 is 2.50 bits per heavy atom. The minimum Gasteiger partial charge on any atom is -0.368 e. The van der Waals surface area contributed by atoms with Gasteiger partial charge >= 0.3 is 0 Å². The van der Waals surface area contributed by atoms with E-state index in [2.05, 4.69) is 18.8 Å². The van der Waals surface area contributed by atoms with E-state index in [0.29, 0.717) is 12.6 Å². The highest BCUT2D eigenvalue weighted by Crippen LogP contribution is 2.04. The summed E-state index contributed by atoms with van der Waals surface area (Å²) in [5, 5.41) is 3.31. The second-order valence-electron chi connectivity index (χ2n) is 4.23. The van der Waals surface area contributed by atoms with Crippen molar-refractivity contribution in [3.05, 3.63) is 12.7 Å². The SMILES string of the molecule is C=CCCOC(C)C(=O)N1CCNC(C)C1. The number of piperazine rings is 1.